The lowest BCUT2D eigenvalue weighted by Gasteiger charge is -2.21. The lowest BCUT2D eigenvalue weighted by atomic mass is 9.98. The first-order valence-corrected chi connectivity index (χ1v) is 8.29. The number of amides is 1. The largest absolute Gasteiger partial charge is 0.497 e. The fourth-order valence-corrected chi connectivity index (χ4v) is 2.98. The molecule has 1 heterocycles. The van der Waals surface area contributed by atoms with Crippen molar-refractivity contribution in [1.82, 2.24) is 4.57 Å². The van der Waals surface area contributed by atoms with Crippen molar-refractivity contribution in [2.75, 3.05) is 12.4 Å². The number of carbonyl (C=O) groups is 1. The molecule has 128 valence electrons. The van der Waals surface area contributed by atoms with Crippen LogP contribution >= 0.6 is 0 Å². The summed E-state index contributed by atoms with van der Waals surface area (Å²) in [5, 5.41) is 2.97. The van der Waals surface area contributed by atoms with E-state index in [1.165, 1.54) is 5.56 Å². The number of methoxy groups -OCH3 is 1. The van der Waals surface area contributed by atoms with Gasteiger partial charge in [-0.05, 0) is 42.3 Å². The van der Waals surface area contributed by atoms with Crippen LogP contribution in [0.5, 0.6) is 5.75 Å². The Labute approximate surface area is 148 Å². The molecule has 1 atom stereocenters. The minimum atomic E-state index is -0.0400. The first kappa shape index (κ1) is 16.8. The van der Waals surface area contributed by atoms with Gasteiger partial charge in [0.2, 0.25) is 5.91 Å². The summed E-state index contributed by atoms with van der Waals surface area (Å²) in [7, 11) is 1.61. The second kappa shape index (κ2) is 7.71. The van der Waals surface area contributed by atoms with E-state index < -0.39 is 0 Å². The van der Waals surface area contributed by atoms with Gasteiger partial charge in [-0.1, -0.05) is 30.3 Å². The van der Waals surface area contributed by atoms with Crippen molar-refractivity contribution >= 4 is 11.6 Å². The molecule has 3 aromatic rings. The quantitative estimate of drug-likeness (QED) is 0.725. The average molecular weight is 334 g/mol. The molecule has 0 saturated heterocycles. The van der Waals surface area contributed by atoms with Crippen LogP contribution in [-0.2, 0) is 4.79 Å². The van der Waals surface area contributed by atoms with Crippen molar-refractivity contribution in [2.24, 2.45) is 0 Å². The predicted octanol–water partition coefficient (Wildman–Crippen LogP) is 4.42. The molecule has 0 aliphatic carbocycles. The van der Waals surface area contributed by atoms with Gasteiger partial charge < -0.3 is 14.6 Å². The smallest absolute Gasteiger partial charge is 0.226 e. The monoisotopic (exact) mass is 334 g/mol. The molecule has 25 heavy (non-hydrogen) atoms. The lowest BCUT2D eigenvalue weighted by molar-refractivity contribution is -0.116. The third-order valence-corrected chi connectivity index (χ3v) is 4.27. The Balaban J connectivity index is 1.81. The second-order valence-corrected chi connectivity index (χ2v) is 5.99. The highest BCUT2D eigenvalue weighted by molar-refractivity contribution is 5.91. The molecule has 4 nitrogen and oxygen atoms in total. The summed E-state index contributed by atoms with van der Waals surface area (Å²) < 4.78 is 7.28. The summed E-state index contributed by atoms with van der Waals surface area (Å²) in [5.74, 6) is 0.689. The molecule has 0 spiro atoms. The van der Waals surface area contributed by atoms with E-state index in [0.717, 1.165) is 17.0 Å². The van der Waals surface area contributed by atoms with Crippen LogP contribution in [0.15, 0.2) is 73.1 Å². The Morgan fingerprint density at radius 1 is 1.08 bits per heavy atom. The van der Waals surface area contributed by atoms with E-state index in [0.29, 0.717) is 6.42 Å². The zero-order valence-electron chi connectivity index (χ0n) is 14.5. The minimum absolute atomic E-state index is 0.0322. The van der Waals surface area contributed by atoms with Gasteiger partial charge in [0.25, 0.3) is 0 Å². The molecule has 4 heteroatoms. The summed E-state index contributed by atoms with van der Waals surface area (Å²) in [6.45, 7) is 2.08. The standard InChI is InChI=1S/C21H22N2O2/c1-16-8-3-4-11-19(16)20(23-12-5-6-13-23)15-21(24)22-17-9-7-10-18(14-17)25-2/h3-14,20H,15H2,1-2H3,(H,22,24). The number of nitrogens with one attached hydrogen (secondary N) is 1. The number of hydrogen-bond donors (Lipinski definition) is 1. The third-order valence-electron chi connectivity index (χ3n) is 4.27. The van der Waals surface area contributed by atoms with E-state index in [-0.39, 0.29) is 11.9 Å². The van der Waals surface area contributed by atoms with Crippen LogP contribution in [0.2, 0.25) is 0 Å². The molecule has 0 aliphatic rings. The summed E-state index contributed by atoms with van der Waals surface area (Å²) in [6.07, 6.45) is 4.35. The number of hydrogen-bond acceptors (Lipinski definition) is 2. The Bertz CT molecular complexity index is 841. The number of nitrogens with zero attached hydrogens (tertiary/aromatic N) is 1. The van der Waals surface area contributed by atoms with Gasteiger partial charge in [-0.25, -0.2) is 0 Å². The molecule has 1 amide bonds. The molecular weight excluding hydrogens is 312 g/mol. The Hall–Kier alpha value is -3.01. The first-order valence-electron chi connectivity index (χ1n) is 8.29. The van der Waals surface area contributed by atoms with E-state index in [1.807, 2.05) is 60.9 Å². The highest BCUT2D eigenvalue weighted by Gasteiger charge is 2.19. The maximum absolute atomic E-state index is 12.6. The van der Waals surface area contributed by atoms with E-state index in [1.54, 1.807) is 7.11 Å². The number of aromatic nitrogens is 1. The lowest BCUT2D eigenvalue weighted by Crippen LogP contribution is -2.20. The molecule has 1 unspecified atom stereocenters. The van der Waals surface area contributed by atoms with Crippen LogP contribution < -0.4 is 10.1 Å². The molecule has 0 bridgehead atoms. The van der Waals surface area contributed by atoms with Crippen molar-refractivity contribution in [3.8, 4) is 5.75 Å². The fraction of sp³-hybridized carbons (Fsp3) is 0.190. The van der Waals surface area contributed by atoms with E-state index in [9.17, 15) is 4.79 Å². The molecule has 1 aromatic heterocycles. The van der Waals surface area contributed by atoms with Crippen molar-refractivity contribution in [3.05, 3.63) is 84.2 Å². The van der Waals surface area contributed by atoms with Gasteiger partial charge >= 0.3 is 0 Å². The first-order chi connectivity index (χ1) is 12.2. The van der Waals surface area contributed by atoms with Gasteiger partial charge in [-0.15, -0.1) is 0 Å². The highest BCUT2D eigenvalue weighted by atomic mass is 16.5. The summed E-state index contributed by atoms with van der Waals surface area (Å²) in [6, 6.07) is 19.5. The van der Waals surface area contributed by atoms with Crippen LogP contribution in [0.1, 0.15) is 23.6 Å². The molecule has 0 saturated carbocycles. The van der Waals surface area contributed by atoms with E-state index in [4.69, 9.17) is 4.74 Å². The molecule has 0 aliphatic heterocycles. The third kappa shape index (κ3) is 4.10. The number of carbonyl (C=O) groups excluding carboxylic acids is 1. The average Bonchev–Trinajstić information content (AvgIpc) is 3.15. The van der Waals surface area contributed by atoms with Gasteiger partial charge in [-0.2, -0.15) is 0 Å². The molecule has 3 rings (SSSR count). The zero-order valence-corrected chi connectivity index (χ0v) is 14.5. The van der Waals surface area contributed by atoms with Crippen molar-refractivity contribution < 1.29 is 9.53 Å². The van der Waals surface area contributed by atoms with Crippen molar-refractivity contribution in [2.45, 2.75) is 19.4 Å². The van der Waals surface area contributed by atoms with Gasteiger partial charge in [0.15, 0.2) is 0 Å². The SMILES string of the molecule is COc1cccc(NC(=O)CC(c2ccccc2C)n2cccc2)c1. The van der Waals surface area contributed by atoms with Gasteiger partial charge in [0.1, 0.15) is 5.75 Å². The topological polar surface area (TPSA) is 43.3 Å². The van der Waals surface area contributed by atoms with Crippen LogP contribution in [0.4, 0.5) is 5.69 Å². The summed E-state index contributed by atoms with van der Waals surface area (Å²) >= 11 is 0. The number of aryl methyl sites for hydroxylation is 1. The Morgan fingerprint density at radius 2 is 1.84 bits per heavy atom. The van der Waals surface area contributed by atoms with E-state index in [2.05, 4.69) is 28.9 Å². The van der Waals surface area contributed by atoms with Gasteiger partial charge in [-0.3, -0.25) is 4.79 Å². The molecular formula is C21H22N2O2. The molecule has 0 radical (unpaired) electrons. The Morgan fingerprint density at radius 3 is 2.56 bits per heavy atom. The summed E-state index contributed by atoms with van der Waals surface area (Å²) in [5.41, 5.74) is 3.07. The summed E-state index contributed by atoms with van der Waals surface area (Å²) in [4.78, 5) is 12.6. The maximum Gasteiger partial charge on any atom is 0.226 e. The highest BCUT2D eigenvalue weighted by Crippen LogP contribution is 2.26. The van der Waals surface area contributed by atoms with Crippen LogP contribution in [0, 0.1) is 6.92 Å². The van der Waals surface area contributed by atoms with E-state index >= 15 is 0 Å². The fourth-order valence-electron chi connectivity index (χ4n) is 2.98. The number of benzene rings is 2. The van der Waals surface area contributed by atoms with Gasteiger partial charge in [0.05, 0.1) is 19.6 Å². The predicted molar refractivity (Wildman–Crippen MR) is 100.0 cm³/mol. The second-order valence-electron chi connectivity index (χ2n) is 5.99. The maximum atomic E-state index is 12.6. The molecule has 2 aromatic carbocycles. The van der Waals surface area contributed by atoms with Crippen molar-refractivity contribution in [3.63, 3.8) is 0 Å². The van der Waals surface area contributed by atoms with Crippen LogP contribution in [0.25, 0.3) is 0 Å². The minimum Gasteiger partial charge on any atom is -0.497 e. The Kier molecular flexibility index (Phi) is 5.19. The van der Waals surface area contributed by atoms with Crippen molar-refractivity contribution in [1.29, 1.82) is 0 Å². The number of rotatable bonds is 6. The zero-order chi connectivity index (χ0) is 17.6. The molecule has 0 fully saturated rings. The normalized spacial score (nSPS) is 11.8. The number of anilines is 1. The van der Waals surface area contributed by atoms with Gasteiger partial charge in [0, 0.05) is 24.1 Å². The van der Waals surface area contributed by atoms with Crippen LogP contribution in [0.3, 0.4) is 0 Å². The number of ether oxygens (including phenoxy) is 1. The molecule has 1 N–H and O–H groups in total. The van der Waals surface area contributed by atoms with Crippen LogP contribution in [-0.4, -0.2) is 17.6 Å².